The molecule has 1 amide bonds. The van der Waals surface area contributed by atoms with Crippen LogP contribution in [0.5, 0.6) is 0 Å². The van der Waals surface area contributed by atoms with E-state index in [1.807, 2.05) is 16.8 Å². The number of nitrogens with one attached hydrogen (secondary N) is 1. The summed E-state index contributed by atoms with van der Waals surface area (Å²) in [6.45, 7) is 1.38. The molecule has 4 nitrogen and oxygen atoms in total. The summed E-state index contributed by atoms with van der Waals surface area (Å²) in [6, 6.07) is 2.23. The van der Waals surface area contributed by atoms with Crippen molar-refractivity contribution in [3.63, 3.8) is 0 Å². The number of hydrogen-bond acceptors (Lipinski definition) is 4. The second-order valence-electron chi connectivity index (χ2n) is 5.20. The average molecular weight is 281 g/mol. The summed E-state index contributed by atoms with van der Waals surface area (Å²) in [5.41, 5.74) is 1.09. The van der Waals surface area contributed by atoms with Crippen molar-refractivity contribution in [2.45, 2.75) is 43.9 Å². The highest BCUT2D eigenvalue weighted by atomic mass is 32.1. The lowest BCUT2D eigenvalue weighted by molar-refractivity contribution is -0.158. The minimum atomic E-state index is 0.110. The molecule has 19 heavy (non-hydrogen) atoms. The van der Waals surface area contributed by atoms with E-state index in [0.717, 1.165) is 24.8 Å². The number of carbonyl (C=O) groups excluding carboxylic acids is 1. The maximum atomic E-state index is 12.0. The molecular formula is C14H19NO3S. The molecule has 1 N–H and O–H groups in total. The van der Waals surface area contributed by atoms with E-state index in [0.29, 0.717) is 19.6 Å². The second kappa shape index (κ2) is 6.03. The molecule has 0 radical (unpaired) electrons. The topological polar surface area (TPSA) is 47.6 Å². The SMILES string of the molecule is O=C(Cc1ccsc1)N[C@@H]1CC[C@@H]2OCCO[C@H]2C1. The third-order valence-corrected chi connectivity index (χ3v) is 4.52. The average Bonchev–Trinajstić information content (AvgIpc) is 2.91. The van der Waals surface area contributed by atoms with Gasteiger partial charge in [-0.3, -0.25) is 4.79 Å². The highest BCUT2D eigenvalue weighted by Crippen LogP contribution is 2.26. The van der Waals surface area contributed by atoms with Crippen LogP contribution in [-0.2, 0) is 20.7 Å². The fourth-order valence-corrected chi connectivity index (χ4v) is 3.52. The highest BCUT2D eigenvalue weighted by molar-refractivity contribution is 7.07. The molecule has 3 rings (SSSR count). The summed E-state index contributed by atoms with van der Waals surface area (Å²) in [5, 5.41) is 7.14. The Bertz CT molecular complexity index is 420. The number of carbonyl (C=O) groups is 1. The zero-order chi connectivity index (χ0) is 13.1. The van der Waals surface area contributed by atoms with Crippen molar-refractivity contribution >= 4 is 17.2 Å². The normalized spacial score (nSPS) is 30.6. The van der Waals surface area contributed by atoms with E-state index >= 15 is 0 Å². The zero-order valence-electron chi connectivity index (χ0n) is 10.8. The van der Waals surface area contributed by atoms with Crippen LogP contribution in [0.2, 0.25) is 0 Å². The van der Waals surface area contributed by atoms with Crippen molar-refractivity contribution in [3.05, 3.63) is 22.4 Å². The zero-order valence-corrected chi connectivity index (χ0v) is 11.7. The minimum Gasteiger partial charge on any atom is -0.373 e. The lowest BCUT2D eigenvalue weighted by Gasteiger charge is -2.39. The largest absolute Gasteiger partial charge is 0.373 e. The Morgan fingerprint density at radius 3 is 2.95 bits per heavy atom. The summed E-state index contributed by atoms with van der Waals surface area (Å²) in [7, 11) is 0. The van der Waals surface area contributed by atoms with Crippen molar-refractivity contribution < 1.29 is 14.3 Å². The van der Waals surface area contributed by atoms with Crippen LogP contribution < -0.4 is 5.32 Å². The van der Waals surface area contributed by atoms with E-state index in [1.165, 1.54) is 0 Å². The third kappa shape index (κ3) is 3.35. The number of fused-ring (bicyclic) bond motifs is 1. The molecule has 0 unspecified atom stereocenters. The molecule has 2 heterocycles. The van der Waals surface area contributed by atoms with Crippen molar-refractivity contribution in [3.8, 4) is 0 Å². The van der Waals surface area contributed by atoms with Crippen LogP contribution in [0, 0.1) is 0 Å². The van der Waals surface area contributed by atoms with Crippen LogP contribution in [-0.4, -0.2) is 37.4 Å². The molecule has 1 aromatic rings. The molecule has 5 heteroatoms. The summed E-state index contributed by atoms with van der Waals surface area (Å²) in [4.78, 5) is 12.0. The molecule has 3 atom stereocenters. The number of amides is 1. The quantitative estimate of drug-likeness (QED) is 0.918. The fourth-order valence-electron chi connectivity index (χ4n) is 2.85. The summed E-state index contributed by atoms with van der Waals surface area (Å²) in [5.74, 6) is 0.110. The monoisotopic (exact) mass is 281 g/mol. The van der Waals surface area contributed by atoms with Gasteiger partial charge in [0.2, 0.25) is 5.91 Å². The van der Waals surface area contributed by atoms with Crippen LogP contribution in [0.15, 0.2) is 16.8 Å². The molecule has 2 fully saturated rings. The first-order valence-corrected chi connectivity index (χ1v) is 7.79. The van der Waals surface area contributed by atoms with Crippen LogP contribution >= 0.6 is 11.3 Å². The second-order valence-corrected chi connectivity index (χ2v) is 5.98. The van der Waals surface area contributed by atoms with Gasteiger partial charge in [0.15, 0.2) is 0 Å². The van der Waals surface area contributed by atoms with Crippen molar-refractivity contribution in [2.75, 3.05) is 13.2 Å². The van der Waals surface area contributed by atoms with E-state index in [4.69, 9.17) is 9.47 Å². The highest BCUT2D eigenvalue weighted by Gasteiger charge is 2.34. The Morgan fingerprint density at radius 1 is 1.32 bits per heavy atom. The van der Waals surface area contributed by atoms with Crippen molar-refractivity contribution in [1.82, 2.24) is 5.32 Å². The first-order chi connectivity index (χ1) is 9.31. The summed E-state index contributed by atoms with van der Waals surface area (Å²) in [6.07, 6.45) is 3.71. The van der Waals surface area contributed by atoms with Gasteiger partial charge < -0.3 is 14.8 Å². The number of thiophene rings is 1. The number of rotatable bonds is 3. The van der Waals surface area contributed by atoms with Gasteiger partial charge in [-0.2, -0.15) is 11.3 Å². The van der Waals surface area contributed by atoms with E-state index in [-0.39, 0.29) is 24.2 Å². The van der Waals surface area contributed by atoms with Crippen LogP contribution in [0.1, 0.15) is 24.8 Å². The molecule has 2 aliphatic rings. The molecule has 1 aromatic heterocycles. The van der Waals surface area contributed by atoms with E-state index in [1.54, 1.807) is 11.3 Å². The molecule has 1 saturated carbocycles. The maximum Gasteiger partial charge on any atom is 0.224 e. The minimum absolute atomic E-state index is 0.110. The van der Waals surface area contributed by atoms with Crippen LogP contribution in [0.25, 0.3) is 0 Å². The molecule has 1 aliphatic heterocycles. The van der Waals surface area contributed by atoms with Gasteiger partial charge in [0, 0.05) is 6.04 Å². The summed E-state index contributed by atoms with van der Waals surface area (Å²) < 4.78 is 11.4. The van der Waals surface area contributed by atoms with E-state index in [9.17, 15) is 4.79 Å². The van der Waals surface area contributed by atoms with Gasteiger partial charge in [0.05, 0.1) is 31.8 Å². The number of ether oxygens (including phenoxy) is 2. The summed E-state index contributed by atoms with van der Waals surface area (Å²) >= 11 is 1.63. The third-order valence-electron chi connectivity index (χ3n) is 3.79. The molecule has 0 spiro atoms. The molecule has 1 aliphatic carbocycles. The Labute approximate surface area is 117 Å². The Kier molecular flexibility index (Phi) is 4.15. The van der Waals surface area contributed by atoms with Crippen molar-refractivity contribution in [2.24, 2.45) is 0 Å². The smallest absolute Gasteiger partial charge is 0.224 e. The predicted molar refractivity (Wildman–Crippen MR) is 73.3 cm³/mol. The van der Waals surface area contributed by atoms with Crippen LogP contribution in [0.3, 0.4) is 0 Å². The van der Waals surface area contributed by atoms with Crippen molar-refractivity contribution in [1.29, 1.82) is 0 Å². The molecule has 104 valence electrons. The number of hydrogen-bond donors (Lipinski definition) is 1. The molecule has 0 aromatic carbocycles. The van der Waals surface area contributed by atoms with Gasteiger partial charge in [0.1, 0.15) is 0 Å². The first kappa shape index (κ1) is 13.1. The van der Waals surface area contributed by atoms with E-state index in [2.05, 4.69) is 5.32 Å². The van der Waals surface area contributed by atoms with Gasteiger partial charge in [-0.15, -0.1) is 0 Å². The standard InChI is InChI=1S/C14H19NO3S/c16-14(7-10-3-6-19-9-10)15-11-1-2-12-13(8-11)18-5-4-17-12/h3,6,9,11-13H,1-2,4-5,7-8H2,(H,15,16)/t11-,12+,13+/m1/s1. The lowest BCUT2D eigenvalue weighted by atomic mass is 9.89. The Balaban J connectivity index is 1.49. The van der Waals surface area contributed by atoms with Gasteiger partial charge >= 0.3 is 0 Å². The van der Waals surface area contributed by atoms with Gasteiger partial charge in [0.25, 0.3) is 0 Å². The Morgan fingerprint density at radius 2 is 2.16 bits per heavy atom. The van der Waals surface area contributed by atoms with Gasteiger partial charge in [-0.05, 0) is 41.7 Å². The van der Waals surface area contributed by atoms with E-state index < -0.39 is 0 Å². The molecule has 1 saturated heterocycles. The first-order valence-electron chi connectivity index (χ1n) is 6.85. The Hall–Kier alpha value is -0.910. The maximum absolute atomic E-state index is 12.0. The lowest BCUT2D eigenvalue weighted by Crippen LogP contribution is -2.49. The van der Waals surface area contributed by atoms with Gasteiger partial charge in [-0.25, -0.2) is 0 Å². The predicted octanol–water partition coefficient (Wildman–Crippen LogP) is 1.74. The molecular weight excluding hydrogens is 262 g/mol. The van der Waals surface area contributed by atoms with Gasteiger partial charge in [-0.1, -0.05) is 0 Å². The van der Waals surface area contributed by atoms with Crippen LogP contribution in [0.4, 0.5) is 0 Å². The molecule has 0 bridgehead atoms. The fraction of sp³-hybridized carbons (Fsp3) is 0.643.